The van der Waals surface area contributed by atoms with Crippen LogP contribution in [0.25, 0.3) is 0 Å². The van der Waals surface area contributed by atoms with Crippen molar-refractivity contribution in [3.8, 4) is 0 Å². The number of esters is 4. The second-order valence-corrected chi connectivity index (χ2v) is 25.3. The van der Waals surface area contributed by atoms with Crippen LogP contribution < -0.4 is 0 Å². The molecule has 4 aliphatic rings. The molecule has 0 aromatic heterocycles. The number of hydrogen-bond donors (Lipinski definition) is 0. The summed E-state index contributed by atoms with van der Waals surface area (Å²) >= 11 is 0. The molecule has 4 saturated heterocycles. The van der Waals surface area contributed by atoms with Gasteiger partial charge < -0.3 is 18.9 Å². The van der Waals surface area contributed by atoms with Crippen molar-refractivity contribution in [3.63, 3.8) is 0 Å². The van der Waals surface area contributed by atoms with E-state index in [0.717, 1.165) is 77.0 Å². The topological polar surface area (TPSA) is 105 Å². The normalized spacial score (nSPS) is 23.8. The molecule has 4 aliphatic heterocycles. The predicted molar refractivity (Wildman–Crippen MR) is 234 cm³/mol. The van der Waals surface area contributed by atoms with Crippen molar-refractivity contribution in [1.82, 2.24) is 0 Å². The van der Waals surface area contributed by atoms with Gasteiger partial charge in [0.1, 0.15) is 25.9 Å². The number of carbonyl (C=O) groups is 4. The van der Waals surface area contributed by atoms with Crippen molar-refractivity contribution in [2.45, 2.75) is 156 Å². The highest BCUT2D eigenvalue weighted by Gasteiger charge is 2.30. The highest BCUT2D eigenvalue weighted by atomic mass is 33.1. The lowest BCUT2D eigenvalue weighted by molar-refractivity contribution is -0.170. The van der Waals surface area contributed by atoms with Crippen molar-refractivity contribution < 1.29 is 38.1 Å². The van der Waals surface area contributed by atoms with E-state index in [1.807, 2.05) is 86.4 Å². The fourth-order valence-corrected chi connectivity index (χ4v) is 18.5. The maximum absolute atomic E-state index is 13.2. The van der Waals surface area contributed by atoms with E-state index in [-0.39, 0.29) is 50.1 Å². The molecule has 0 amide bonds. The largest absolute Gasteiger partial charge is 0.465 e. The minimum Gasteiger partial charge on any atom is -0.465 e. The van der Waals surface area contributed by atoms with Gasteiger partial charge in [0.15, 0.2) is 0 Å². The summed E-state index contributed by atoms with van der Waals surface area (Å²) in [7, 11) is 15.5. The summed E-state index contributed by atoms with van der Waals surface area (Å²) in [6, 6.07) is 0. The van der Waals surface area contributed by atoms with Gasteiger partial charge in [0.25, 0.3) is 0 Å². The molecule has 8 nitrogen and oxygen atoms in total. The van der Waals surface area contributed by atoms with Crippen LogP contribution in [0.2, 0.25) is 0 Å². The molecule has 16 heteroatoms. The smallest absolute Gasteiger partial charge is 0.306 e. The Hall–Kier alpha value is 0.680. The molecule has 0 aliphatic carbocycles. The molecule has 4 heterocycles. The Morgan fingerprint density at radius 1 is 0.434 bits per heavy atom. The standard InChI is InChI=1S/C37H60O8S8/c38-34(13-5-1-9-29-17-21-46-50-29)42-25-28(26-43-35(39)14-6-2-10-30-18-22-47-51-30)33(45-37(41)16-8-4-12-32-20-24-49-53-32)27-44-36(40)15-7-3-11-31-19-23-48-52-31/h28-33H,1-27H2. The summed E-state index contributed by atoms with van der Waals surface area (Å²) in [5, 5.41) is 2.64. The third-order valence-corrected chi connectivity index (χ3v) is 21.7. The first-order valence-electron chi connectivity index (χ1n) is 19.7. The van der Waals surface area contributed by atoms with E-state index in [1.165, 1.54) is 48.7 Å². The summed E-state index contributed by atoms with van der Waals surface area (Å²) in [5.74, 6) is 2.77. The van der Waals surface area contributed by atoms with Crippen LogP contribution in [0.5, 0.6) is 0 Å². The van der Waals surface area contributed by atoms with Gasteiger partial charge in [-0.1, -0.05) is 112 Å². The van der Waals surface area contributed by atoms with Crippen LogP contribution >= 0.6 is 86.4 Å². The van der Waals surface area contributed by atoms with Gasteiger partial charge >= 0.3 is 23.9 Å². The predicted octanol–water partition coefficient (Wildman–Crippen LogP) is 11.0. The highest BCUT2D eigenvalue weighted by molar-refractivity contribution is 8.78. The minimum atomic E-state index is -0.894. The summed E-state index contributed by atoms with van der Waals surface area (Å²) in [6.45, 7) is -0.328. The van der Waals surface area contributed by atoms with Crippen molar-refractivity contribution in [1.29, 1.82) is 0 Å². The molecule has 5 atom stereocenters. The lowest BCUT2D eigenvalue weighted by Crippen LogP contribution is -2.38. The summed E-state index contributed by atoms with van der Waals surface area (Å²) in [4.78, 5) is 51.8. The van der Waals surface area contributed by atoms with Crippen LogP contribution in [0.3, 0.4) is 0 Å². The van der Waals surface area contributed by atoms with Crippen molar-refractivity contribution >= 4 is 110 Å². The van der Waals surface area contributed by atoms with Crippen LogP contribution in [-0.4, -0.2) is 93.8 Å². The molecule has 4 rings (SSSR count). The zero-order valence-electron chi connectivity index (χ0n) is 31.1. The quantitative estimate of drug-likeness (QED) is 0.0322. The fraction of sp³-hybridized carbons (Fsp3) is 0.892. The van der Waals surface area contributed by atoms with E-state index in [9.17, 15) is 19.2 Å². The van der Waals surface area contributed by atoms with Gasteiger partial charge in [0.2, 0.25) is 0 Å². The Kier molecular flexibility index (Phi) is 25.4. The number of hydrogen-bond acceptors (Lipinski definition) is 16. The van der Waals surface area contributed by atoms with Gasteiger partial charge in [-0.3, -0.25) is 19.2 Å². The van der Waals surface area contributed by atoms with Gasteiger partial charge in [0.05, 0.1) is 5.92 Å². The van der Waals surface area contributed by atoms with Crippen molar-refractivity contribution in [3.05, 3.63) is 0 Å². The second kappa shape index (κ2) is 29.0. The van der Waals surface area contributed by atoms with Crippen LogP contribution in [0.4, 0.5) is 0 Å². The number of carbonyl (C=O) groups excluding carboxylic acids is 4. The van der Waals surface area contributed by atoms with Gasteiger partial charge in [-0.25, -0.2) is 0 Å². The molecule has 0 N–H and O–H groups in total. The maximum atomic E-state index is 13.2. The minimum absolute atomic E-state index is 0.0824. The first kappa shape index (κ1) is 46.4. The zero-order valence-corrected chi connectivity index (χ0v) is 37.6. The van der Waals surface area contributed by atoms with Crippen LogP contribution in [0.1, 0.15) is 128 Å². The van der Waals surface area contributed by atoms with Crippen molar-refractivity contribution in [2.24, 2.45) is 5.92 Å². The number of rotatable bonds is 28. The fourth-order valence-electron chi connectivity index (χ4n) is 6.37. The van der Waals surface area contributed by atoms with Crippen LogP contribution in [0, 0.1) is 5.92 Å². The molecule has 0 bridgehead atoms. The Morgan fingerprint density at radius 2 is 0.755 bits per heavy atom. The molecule has 4 fully saturated rings. The molecule has 0 aromatic rings. The Morgan fingerprint density at radius 3 is 1.08 bits per heavy atom. The average molecular weight is 889 g/mol. The molecular formula is C37H60O8S8. The zero-order chi connectivity index (χ0) is 37.4. The molecule has 0 aromatic carbocycles. The maximum Gasteiger partial charge on any atom is 0.306 e. The third-order valence-electron chi connectivity index (χ3n) is 9.67. The molecule has 0 radical (unpaired) electrons. The number of unbranched alkanes of at least 4 members (excludes halogenated alkanes) is 4. The van der Waals surface area contributed by atoms with Gasteiger partial charge in [-0.15, -0.1) is 0 Å². The Bertz CT molecular complexity index is 1010. The van der Waals surface area contributed by atoms with E-state index < -0.39 is 12.0 Å². The van der Waals surface area contributed by atoms with Crippen LogP contribution in [0.15, 0.2) is 0 Å². The SMILES string of the molecule is O=C(CCCCC1CCSS1)OCC(COC(=O)CCCCC1CCSS1)C(COC(=O)CCCCC1CCSS1)OC(=O)CCCCC1CCSS1. The first-order chi connectivity index (χ1) is 25.9. The molecule has 0 spiro atoms. The molecule has 5 unspecified atom stereocenters. The summed E-state index contributed by atoms with van der Waals surface area (Å²) < 4.78 is 23.2. The highest BCUT2D eigenvalue weighted by Crippen LogP contribution is 2.42. The van der Waals surface area contributed by atoms with E-state index in [4.69, 9.17) is 18.9 Å². The second-order valence-electron chi connectivity index (χ2n) is 14.1. The van der Waals surface area contributed by atoms with E-state index in [0.29, 0.717) is 40.3 Å². The lowest BCUT2D eigenvalue weighted by atomic mass is 10.0. The summed E-state index contributed by atoms with van der Waals surface area (Å²) in [6.07, 6.45) is 16.4. The van der Waals surface area contributed by atoms with E-state index in [1.54, 1.807) is 0 Å². The van der Waals surface area contributed by atoms with E-state index in [2.05, 4.69) is 0 Å². The monoisotopic (exact) mass is 888 g/mol. The lowest BCUT2D eigenvalue weighted by Gasteiger charge is -2.26. The third kappa shape index (κ3) is 21.3. The van der Waals surface area contributed by atoms with Crippen LogP contribution in [-0.2, 0) is 38.1 Å². The molecular weight excluding hydrogens is 829 g/mol. The van der Waals surface area contributed by atoms with Crippen molar-refractivity contribution in [2.75, 3.05) is 42.8 Å². The van der Waals surface area contributed by atoms with Gasteiger partial charge in [-0.2, -0.15) is 0 Å². The van der Waals surface area contributed by atoms with E-state index >= 15 is 0 Å². The Balaban J connectivity index is 1.28. The Labute approximate surface area is 350 Å². The molecule has 304 valence electrons. The number of ether oxygens (including phenoxy) is 4. The van der Waals surface area contributed by atoms with Gasteiger partial charge in [0, 0.05) is 69.7 Å². The molecule has 53 heavy (non-hydrogen) atoms. The summed E-state index contributed by atoms with van der Waals surface area (Å²) in [5.41, 5.74) is 0. The first-order valence-corrected chi connectivity index (χ1v) is 29.3. The average Bonchev–Trinajstić information content (AvgIpc) is 4.01. The molecule has 0 saturated carbocycles. The van der Waals surface area contributed by atoms with Gasteiger partial charge in [-0.05, 0) is 77.0 Å².